The van der Waals surface area contributed by atoms with Gasteiger partial charge in [-0.05, 0) is 129 Å². The van der Waals surface area contributed by atoms with E-state index in [4.69, 9.17) is 18.6 Å². The van der Waals surface area contributed by atoms with Gasteiger partial charge in [0.15, 0.2) is 0 Å². The Labute approximate surface area is 238 Å². The number of rotatable bonds is 12. The van der Waals surface area contributed by atoms with Crippen LogP contribution < -0.4 is 5.73 Å². The third-order valence-electron chi connectivity index (χ3n) is 8.48. The first kappa shape index (κ1) is 28.9. The molecule has 0 amide bonds. The number of nitrogens with two attached hydrogens (primary N) is 1. The summed E-state index contributed by atoms with van der Waals surface area (Å²) >= 11 is 0. The Kier molecular flexibility index (Phi) is 9.54. The van der Waals surface area contributed by atoms with E-state index < -0.39 is 0 Å². The van der Waals surface area contributed by atoms with E-state index in [0.29, 0.717) is 11.6 Å². The van der Waals surface area contributed by atoms with Gasteiger partial charge in [0.25, 0.3) is 0 Å². The number of hydrogen-bond donors (Lipinski definition) is 1. The molecule has 2 aromatic carbocycles. The summed E-state index contributed by atoms with van der Waals surface area (Å²) in [6, 6.07) is 13.0. The highest BCUT2D eigenvalue weighted by molar-refractivity contribution is 6.24. The fourth-order valence-corrected chi connectivity index (χ4v) is 5.91. The zero-order valence-electron chi connectivity index (χ0n) is 24.6. The molecule has 2 aliphatic rings. The van der Waals surface area contributed by atoms with Crippen LogP contribution >= 0.6 is 0 Å². The minimum absolute atomic E-state index is 0.521. The average molecular weight is 517 g/mol. The van der Waals surface area contributed by atoms with Gasteiger partial charge in [0.1, 0.15) is 7.85 Å². The number of aryl methyl sites for hydroxylation is 4. The smallest absolute Gasteiger partial charge is 0.108 e. The standard InChI is InChI=1S/C36H45BN2/c1-7-9-31-22-30(27(6)38)16-13-28(31)17-21-34-23(2)12-18-32(39-34)19-20-33(36(37)29-14-15-29)26(5)35-24(3)10-8-11-25(35)4/h8,10-11,13,16,22,29H,5-7,9,12,14-15,17-21,38H2,1-4H3/b36-33-. The summed E-state index contributed by atoms with van der Waals surface area (Å²) in [7, 11) is 6.76. The summed E-state index contributed by atoms with van der Waals surface area (Å²) in [4.78, 5) is 5.23. The highest BCUT2D eigenvalue weighted by Crippen LogP contribution is 2.41. The maximum absolute atomic E-state index is 6.76. The number of allylic oxidation sites excluding steroid dienone is 5. The van der Waals surface area contributed by atoms with E-state index in [2.05, 4.69) is 77.3 Å². The molecule has 1 aliphatic heterocycles. The molecule has 0 saturated heterocycles. The van der Waals surface area contributed by atoms with Crippen molar-refractivity contribution in [2.75, 3.05) is 0 Å². The van der Waals surface area contributed by atoms with E-state index in [1.54, 1.807) is 0 Å². The second-order valence-electron chi connectivity index (χ2n) is 11.6. The van der Waals surface area contributed by atoms with Crippen molar-refractivity contribution in [3.8, 4) is 0 Å². The van der Waals surface area contributed by atoms with E-state index in [1.165, 1.54) is 63.2 Å². The summed E-state index contributed by atoms with van der Waals surface area (Å²) in [6.07, 6.45) is 10.5. The Bertz CT molecular complexity index is 1330. The summed E-state index contributed by atoms with van der Waals surface area (Å²) < 4.78 is 0. The normalized spacial score (nSPS) is 16.2. The lowest BCUT2D eigenvalue weighted by atomic mass is 9.78. The molecule has 0 bridgehead atoms. The Morgan fingerprint density at radius 3 is 2.31 bits per heavy atom. The van der Waals surface area contributed by atoms with E-state index in [-0.39, 0.29) is 0 Å². The van der Waals surface area contributed by atoms with Crippen LogP contribution in [0.2, 0.25) is 0 Å². The summed E-state index contributed by atoms with van der Waals surface area (Å²) in [6.45, 7) is 17.3. The fourth-order valence-electron chi connectivity index (χ4n) is 5.91. The van der Waals surface area contributed by atoms with Gasteiger partial charge in [-0.15, -0.1) is 5.47 Å². The van der Waals surface area contributed by atoms with Gasteiger partial charge in [-0.2, -0.15) is 0 Å². The predicted octanol–water partition coefficient (Wildman–Crippen LogP) is 8.95. The topological polar surface area (TPSA) is 38.4 Å². The third kappa shape index (κ3) is 7.12. The van der Waals surface area contributed by atoms with Crippen molar-refractivity contribution in [1.29, 1.82) is 0 Å². The predicted molar refractivity (Wildman–Crippen MR) is 171 cm³/mol. The molecule has 0 spiro atoms. The zero-order chi connectivity index (χ0) is 28.1. The Balaban J connectivity index is 1.49. The van der Waals surface area contributed by atoms with Crippen LogP contribution in [0, 0.1) is 19.8 Å². The van der Waals surface area contributed by atoms with Crippen LogP contribution in [0.4, 0.5) is 0 Å². The summed E-state index contributed by atoms with van der Waals surface area (Å²) in [5.41, 5.74) is 21.6. The molecule has 0 aromatic heterocycles. The zero-order valence-corrected chi connectivity index (χ0v) is 24.6. The van der Waals surface area contributed by atoms with E-state index in [1.807, 2.05) is 0 Å². The highest BCUT2D eigenvalue weighted by atomic mass is 14.8. The van der Waals surface area contributed by atoms with Crippen LogP contribution in [-0.2, 0) is 12.8 Å². The van der Waals surface area contributed by atoms with Gasteiger partial charge in [-0.1, -0.05) is 68.0 Å². The quantitative estimate of drug-likeness (QED) is 0.222. The lowest BCUT2D eigenvalue weighted by Gasteiger charge is -2.22. The molecule has 1 aliphatic carbocycles. The Morgan fingerprint density at radius 1 is 0.949 bits per heavy atom. The second kappa shape index (κ2) is 12.9. The molecule has 0 atom stereocenters. The molecule has 2 aromatic rings. The molecule has 2 radical (unpaired) electrons. The van der Waals surface area contributed by atoms with Crippen molar-refractivity contribution in [2.24, 2.45) is 16.6 Å². The van der Waals surface area contributed by atoms with Crippen molar-refractivity contribution in [1.82, 2.24) is 0 Å². The fraction of sp³-hybridized carbons (Fsp3) is 0.417. The molecule has 1 fully saturated rings. The highest BCUT2D eigenvalue weighted by Gasteiger charge is 2.26. The molecule has 3 heteroatoms. The van der Waals surface area contributed by atoms with Crippen LogP contribution in [0.1, 0.15) is 98.6 Å². The van der Waals surface area contributed by atoms with Crippen LogP contribution in [0.3, 0.4) is 0 Å². The minimum atomic E-state index is 0.521. The van der Waals surface area contributed by atoms with Gasteiger partial charge in [-0.25, -0.2) is 0 Å². The molecule has 2 nitrogen and oxygen atoms in total. The van der Waals surface area contributed by atoms with Gasteiger partial charge in [-0.3, -0.25) is 4.99 Å². The number of nitrogens with zero attached hydrogens (tertiary/aromatic N) is 1. The first-order valence-electron chi connectivity index (χ1n) is 14.8. The Hall–Kier alpha value is -3.07. The molecule has 1 saturated carbocycles. The molecule has 2 N–H and O–H groups in total. The van der Waals surface area contributed by atoms with Gasteiger partial charge in [0.2, 0.25) is 0 Å². The van der Waals surface area contributed by atoms with Crippen molar-refractivity contribution in [3.63, 3.8) is 0 Å². The molecule has 39 heavy (non-hydrogen) atoms. The number of aliphatic imine (C=N–C) groups is 1. The van der Waals surface area contributed by atoms with Crippen molar-refractivity contribution in [3.05, 3.63) is 105 Å². The number of benzene rings is 2. The van der Waals surface area contributed by atoms with Crippen molar-refractivity contribution >= 4 is 24.8 Å². The Morgan fingerprint density at radius 2 is 1.67 bits per heavy atom. The van der Waals surface area contributed by atoms with E-state index in [9.17, 15) is 0 Å². The average Bonchev–Trinajstić information content (AvgIpc) is 3.75. The van der Waals surface area contributed by atoms with Gasteiger partial charge in [0.05, 0.1) is 0 Å². The van der Waals surface area contributed by atoms with Crippen molar-refractivity contribution < 1.29 is 0 Å². The third-order valence-corrected chi connectivity index (χ3v) is 8.48. The minimum Gasteiger partial charge on any atom is -0.399 e. The van der Waals surface area contributed by atoms with Crippen molar-refractivity contribution in [2.45, 2.75) is 91.9 Å². The first-order valence-corrected chi connectivity index (χ1v) is 14.8. The van der Waals surface area contributed by atoms with Gasteiger partial charge >= 0.3 is 0 Å². The lowest BCUT2D eigenvalue weighted by molar-refractivity contribution is 0.816. The van der Waals surface area contributed by atoms with Crippen LogP contribution in [0.25, 0.3) is 11.3 Å². The summed E-state index contributed by atoms with van der Waals surface area (Å²) in [5, 5.41) is 0. The van der Waals surface area contributed by atoms with Crippen LogP contribution in [0.15, 0.2) is 76.9 Å². The second-order valence-corrected chi connectivity index (χ2v) is 11.6. The van der Waals surface area contributed by atoms with Crippen LogP contribution in [-0.4, -0.2) is 13.6 Å². The molecular weight excluding hydrogens is 471 g/mol. The maximum atomic E-state index is 6.76. The maximum Gasteiger partial charge on any atom is 0.108 e. The molecular formula is C36H45BN2. The summed E-state index contributed by atoms with van der Waals surface area (Å²) in [5.74, 6) is 0.521. The van der Waals surface area contributed by atoms with Crippen LogP contribution in [0.5, 0.6) is 0 Å². The number of hydrogen-bond acceptors (Lipinski definition) is 2. The largest absolute Gasteiger partial charge is 0.399 e. The molecule has 1 heterocycles. The molecule has 202 valence electrons. The molecule has 0 unspecified atom stereocenters. The molecule has 4 rings (SSSR count). The van der Waals surface area contributed by atoms with Gasteiger partial charge < -0.3 is 5.73 Å². The van der Waals surface area contributed by atoms with Gasteiger partial charge in [0, 0.05) is 17.1 Å². The lowest BCUT2D eigenvalue weighted by Crippen LogP contribution is -2.09. The monoisotopic (exact) mass is 516 g/mol. The first-order chi connectivity index (χ1) is 18.7. The van der Waals surface area contributed by atoms with E-state index >= 15 is 0 Å². The van der Waals surface area contributed by atoms with E-state index in [0.717, 1.165) is 68.0 Å². The SMILES string of the molecule is [B]/C(=C(/CCC1=NC(CCc2ccc(C(=C)N)cc2CCC)=C(C)CC1)C(=C)c1c(C)cccc1C)C1CC1.